The lowest BCUT2D eigenvalue weighted by Crippen LogP contribution is -2.18. The molecule has 9 heteroatoms. The van der Waals surface area contributed by atoms with Crippen LogP contribution in [0.5, 0.6) is 0 Å². The number of rotatable bonds is 7. The number of carbonyl (C=O) groups excluding carboxylic acids is 1. The number of hydrogen-bond acceptors (Lipinski definition) is 7. The van der Waals surface area contributed by atoms with Crippen molar-refractivity contribution >= 4 is 23.0 Å². The number of nitrogens with two attached hydrogens (primary N) is 1. The Morgan fingerprint density at radius 3 is 2.68 bits per heavy atom. The Kier molecular flexibility index (Phi) is 5.74. The van der Waals surface area contributed by atoms with Crippen molar-refractivity contribution in [2.45, 2.75) is 26.3 Å². The van der Waals surface area contributed by atoms with Gasteiger partial charge in [0.25, 0.3) is 0 Å². The molecule has 0 amide bonds. The summed E-state index contributed by atoms with van der Waals surface area (Å²) in [6.07, 6.45) is 0.661. The Bertz CT molecular complexity index is 1070. The minimum Gasteiger partial charge on any atom is -0.469 e. The lowest BCUT2D eigenvalue weighted by Gasteiger charge is -2.09. The predicted molar refractivity (Wildman–Crippen MR) is 104 cm³/mol. The standard InChI is InChI=1S/C19H23N5O4/c1-11-6-12(9-15(25)28-3)8-13(7-11)10-24-18-16(23-19(24)26)17(20)21-14(22-18)4-5-27-2/h6-8H,4-5,9-10H2,1-3H3,(H,23,26)(H2,20,21,22). The molecule has 0 saturated heterocycles. The molecule has 28 heavy (non-hydrogen) atoms. The first-order valence-corrected chi connectivity index (χ1v) is 8.81. The summed E-state index contributed by atoms with van der Waals surface area (Å²) in [5.41, 5.74) is 9.21. The monoisotopic (exact) mass is 385 g/mol. The predicted octanol–water partition coefficient (Wildman–Crippen LogP) is 0.963. The molecule has 9 nitrogen and oxygen atoms in total. The number of anilines is 1. The van der Waals surface area contributed by atoms with Crippen molar-refractivity contribution in [3.05, 3.63) is 51.2 Å². The van der Waals surface area contributed by atoms with Crippen molar-refractivity contribution in [2.75, 3.05) is 26.6 Å². The Labute approximate surface area is 161 Å². The van der Waals surface area contributed by atoms with Gasteiger partial charge < -0.3 is 20.2 Å². The third-order valence-corrected chi connectivity index (χ3v) is 4.34. The smallest absolute Gasteiger partial charge is 0.328 e. The maximum Gasteiger partial charge on any atom is 0.328 e. The Morgan fingerprint density at radius 2 is 1.96 bits per heavy atom. The molecular formula is C19H23N5O4. The highest BCUT2D eigenvalue weighted by Gasteiger charge is 2.15. The van der Waals surface area contributed by atoms with Crippen LogP contribution in [0, 0.1) is 6.92 Å². The molecule has 2 heterocycles. The number of nitrogens with one attached hydrogen (secondary N) is 1. The van der Waals surface area contributed by atoms with E-state index in [9.17, 15) is 9.59 Å². The number of hydrogen-bond donors (Lipinski definition) is 2. The van der Waals surface area contributed by atoms with Gasteiger partial charge in [0.15, 0.2) is 11.5 Å². The zero-order valence-electron chi connectivity index (χ0n) is 16.1. The highest BCUT2D eigenvalue weighted by molar-refractivity contribution is 5.81. The first-order chi connectivity index (χ1) is 13.4. The van der Waals surface area contributed by atoms with Crippen LogP contribution >= 0.6 is 0 Å². The number of H-pyrrole nitrogens is 1. The zero-order valence-corrected chi connectivity index (χ0v) is 16.1. The van der Waals surface area contributed by atoms with Crippen LogP contribution in [0.4, 0.5) is 5.82 Å². The van der Waals surface area contributed by atoms with Crippen molar-refractivity contribution in [1.29, 1.82) is 0 Å². The number of nitrogens with zero attached hydrogens (tertiary/aromatic N) is 3. The van der Waals surface area contributed by atoms with Crippen LogP contribution in [0.3, 0.4) is 0 Å². The van der Waals surface area contributed by atoms with Gasteiger partial charge in [0.05, 0.1) is 26.7 Å². The lowest BCUT2D eigenvalue weighted by molar-refractivity contribution is -0.139. The highest BCUT2D eigenvalue weighted by Crippen LogP contribution is 2.17. The summed E-state index contributed by atoms with van der Waals surface area (Å²) in [5.74, 6) is 0.418. The molecule has 0 aliphatic carbocycles. The normalized spacial score (nSPS) is 11.1. The third-order valence-electron chi connectivity index (χ3n) is 4.34. The van der Waals surface area contributed by atoms with Crippen LogP contribution in [-0.2, 0) is 33.7 Å². The second-order valence-corrected chi connectivity index (χ2v) is 6.56. The van der Waals surface area contributed by atoms with E-state index in [1.54, 1.807) is 7.11 Å². The number of nitrogen functional groups attached to an aromatic ring is 1. The number of carbonyl (C=O) groups is 1. The van der Waals surface area contributed by atoms with Crippen molar-refractivity contribution in [3.63, 3.8) is 0 Å². The van der Waals surface area contributed by atoms with Gasteiger partial charge in [-0.3, -0.25) is 9.36 Å². The van der Waals surface area contributed by atoms with Gasteiger partial charge in [-0.1, -0.05) is 23.8 Å². The van der Waals surface area contributed by atoms with Gasteiger partial charge in [0.1, 0.15) is 11.3 Å². The van der Waals surface area contributed by atoms with Gasteiger partial charge >= 0.3 is 11.7 Å². The number of fused-ring (bicyclic) bond motifs is 1. The Balaban J connectivity index is 2.00. The number of esters is 1. The van der Waals surface area contributed by atoms with Crippen molar-refractivity contribution in [1.82, 2.24) is 19.5 Å². The fraction of sp³-hybridized carbons (Fsp3) is 0.368. The number of aryl methyl sites for hydroxylation is 1. The van der Waals surface area contributed by atoms with Crippen LogP contribution in [0.1, 0.15) is 22.5 Å². The first kappa shape index (κ1) is 19.6. The molecule has 0 spiro atoms. The molecule has 0 bridgehead atoms. The van der Waals surface area contributed by atoms with Gasteiger partial charge in [-0.25, -0.2) is 14.8 Å². The fourth-order valence-electron chi connectivity index (χ4n) is 3.11. The molecule has 2 aromatic heterocycles. The van der Waals surface area contributed by atoms with E-state index in [1.807, 2.05) is 25.1 Å². The molecule has 0 fully saturated rings. The van der Waals surface area contributed by atoms with Gasteiger partial charge in [-0.05, 0) is 18.1 Å². The largest absolute Gasteiger partial charge is 0.469 e. The molecule has 0 aliphatic heterocycles. The number of aromatic amines is 1. The van der Waals surface area contributed by atoms with Gasteiger partial charge in [-0.2, -0.15) is 0 Å². The molecule has 3 N–H and O–H groups in total. The summed E-state index contributed by atoms with van der Waals surface area (Å²) in [5, 5.41) is 0. The maximum absolute atomic E-state index is 12.5. The van der Waals surface area contributed by atoms with E-state index in [1.165, 1.54) is 11.7 Å². The van der Waals surface area contributed by atoms with E-state index in [-0.39, 0.29) is 30.4 Å². The molecule has 148 valence electrons. The average molecular weight is 385 g/mol. The van der Waals surface area contributed by atoms with Crippen molar-refractivity contribution < 1.29 is 14.3 Å². The van der Waals surface area contributed by atoms with E-state index in [2.05, 4.69) is 15.0 Å². The molecule has 0 radical (unpaired) electrons. The maximum atomic E-state index is 12.5. The lowest BCUT2D eigenvalue weighted by atomic mass is 10.0. The number of benzene rings is 1. The molecular weight excluding hydrogens is 362 g/mol. The summed E-state index contributed by atoms with van der Waals surface area (Å²) in [6.45, 7) is 2.68. The number of methoxy groups -OCH3 is 2. The Hall–Kier alpha value is -3.20. The van der Waals surface area contributed by atoms with Crippen LogP contribution in [0.15, 0.2) is 23.0 Å². The van der Waals surface area contributed by atoms with Gasteiger partial charge in [0.2, 0.25) is 0 Å². The Morgan fingerprint density at radius 1 is 1.21 bits per heavy atom. The molecule has 3 rings (SSSR count). The van der Waals surface area contributed by atoms with E-state index in [4.69, 9.17) is 15.2 Å². The summed E-state index contributed by atoms with van der Waals surface area (Å²) in [6, 6.07) is 5.76. The number of imidazole rings is 1. The quantitative estimate of drug-likeness (QED) is 0.580. The molecule has 0 unspecified atom stereocenters. The molecule has 0 atom stereocenters. The van der Waals surface area contributed by atoms with Crippen LogP contribution in [0.2, 0.25) is 0 Å². The van der Waals surface area contributed by atoms with E-state index >= 15 is 0 Å². The molecule has 0 saturated carbocycles. The van der Waals surface area contributed by atoms with Gasteiger partial charge in [0, 0.05) is 13.5 Å². The fourth-order valence-corrected chi connectivity index (χ4v) is 3.11. The highest BCUT2D eigenvalue weighted by atomic mass is 16.5. The average Bonchev–Trinajstić information content (AvgIpc) is 2.96. The molecule has 0 aliphatic rings. The number of ether oxygens (including phenoxy) is 2. The molecule has 3 aromatic rings. The van der Waals surface area contributed by atoms with E-state index in [0.717, 1.165) is 16.7 Å². The van der Waals surface area contributed by atoms with Crippen molar-refractivity contribution in [3.8, 4) is 0 Å². The van der Waals surface area contributed by atoms with Crippen LogP contribution in [-0.4, -0.2) is 46.3 Å². The first-order valence-electron chi connectivity index (χ1n) is 8.81. The van der Waals surface area contributed by atoms with Crippen LogP contribution < -0.4 is 11.4 Å². The summed E-state index contributed by atoms with van der Waals surface area (Å²) in [4.78, 5) is 35.5. The SMILES string of the molecule is COCCc1nc(N)c2[nH]c(=O)n(Cc3cc(C)cc(CC(=O)OC)c3)c2n1. The summed E-state index contributed by atoms with van der Waals surface area (Å²) in [7, 11) is 2.95. The number of aromatic nitrogens is 4. The van der Waals surface area contributed by atoms with E-state index in [0.29, 0.717) is 30.0 Å². The third kappa shape index (κ3) is 4.20. The van der Waals surface area contributed by atoms with Crippen molar-refractivity contribution in [2.24, 2.45) is 0 Å². The zero-order chi connectivity index (χ0) is 20.3. The second kappa shape index (κ2) is 8.22. The van der Waals surface area contributed by atoms with Gasteiger partial charge in [-0.15, -0.1) is 0 Å². The summed E-state index contributed by atoms with van der Waals surface area (Å²) < 4.78 is 11.3. The second-order valence-electron chi connectivity index (χ2n) is 6.56. The minimum absolute atomic E-state index is 0.171. The minimum atomic E-state index is -0.323. The molecule has 1 aromatic carbocycles. The topological polar surface area (TPSA) is 125 Å². The summed E-state index contributed by atoms with van der Waals surface area (Å²) >= 11 is 0. The van der Waals surface area contributed by atoms with E-state index < -0.39 is 0 Å². The van der Waals surface area contributed by atoms with Crippen LogP contribution in [0.25, 0.3) is 11.2 Å².